The summed E-state index contributed by atoms with van der Waals surface area (Å²) in [5.74, 6) is -1.12. The maximum atomic E-state index is 13.5. The van der Waals surface area contributed by atoms with Gasteiger partial charge in [0.1, 0.15) is 5.56 Å². The molecular weight excluding hydrogens is 459 g/mol. The van der Waals surface area contributed by atoms with Gasteiger partial charge in [-0.15, -0.1) is 0 Å². The van der Waals surface area contributed by atoms with E-state index in [1.165, 1.54) is 5.56 Å². The average molecular weight is 484 g/mol. The molecule has 0 saturated carbocycles. The van der Waals surface area contributed by atoms with Gasteiger partial charge in [0.2, 0.25) is 5.95 Å². The lowest BCUT2D eigenvalue weighted by Gasteiger charge is -2.38. The summed E-state index contributed by atoms with van der Waals surface area (Å²) >= 11 is 5.95. The smallest absolute Gasteiger partial charge is 0.434 e. The van der Waals surface area contributed by atoms with Crippen LogP contribution in [0, 0.1) is 0 Å². The van der Waals surface area contributed by atoms with Crippen molar-refractivity contribution in [1.29, 1.82) is 0 Å². The number of carbonyl (C=O) groups is 1. The molecule has 11 heteroatoms. The molecule has 0 aliphatic carbocycles. The van der Waals surface area contributed by atoms with E-state index in [1.807, 2.05) is 24.3 Å². The second-order valence-electron chi connectivity index (χ2n) is 8.25. The minimum absolute atomic E-state index is 0.0150. The highest BCUT2D eigenvalue weighted by molar-refractivity contribution is 6.30. The predicted octanol–water partition coefficient (Wildman–Crippen LogP) is 3.33. The van der Waals surface area contributed by atoms with E-state index in [2.05, 4.69) is 24.5 Å². The average Bonchev–Trinajstić information content (AvgIpc) is 3.30. The van der Waals surface area contributed by atoms with Crippen molar-refractivity contribution in [2.24, 2.45) is 0 Å². The van der Waals surface area contributed by atoms with E-state index in [1.54, 1.807) is 4.90 Å². The number of piperazine rings is 1. The highest BCUT2D eigenvalue weighted by Crippen LogP contribution is 2.32. The number of anilines is 1. The maximum absolute atomic E-state index is 13.5. The van der Waals surface area contributed by atoms with Gasteiger partial charge >= 0.3 is 12.1 Å². The van der Waals surface area contributed by atoms with E-state index in [-0.39, 0.29) is 12.0 Å². The number of hydrogen-bond donors (Lipinski definition) is 0. The van der Waals surface area contributed by atoms with Crippen LogP contribution in [0.25, 0.3) is 0 Å². The van der Waals surface area contributed by atoms with Crippen molar-refractivity contribution in [3.8, 4) is 0 Å². The third-order valence-corrected chi connectivity index (χ3v) is 6.39. The molecular formula is C22H25ClF3N5O2. The van der Waals surface area contributed by atoms with Crippen LogP contribution in [-0.2, 0) is 17.5 Å². The Bertz CT molecular complexity index is 981. The third kappa shape index (κ3) is 5.56. The quantitative estimate of drug-likeness (QED) is 0.604. The number of ether oxygens (including phenoxy) is 1. The largest absolute Gasteiger partial charge is 0.465 e. The molecule has 2 aliphatic rings. The zero-order valence-electron chi connectivity index (χ0n) is 18.2. The first-order chi connectivity index (χ1) is 15.7. The number of methoxy groups -OCH3 is 1. The fraction of sp³-hybridized carbons (Fsp3) is 0.500. The van der Waals surface area contributed by atoms with Gasteiger partial charge in [0.25, 0.3) is 0 Å². The Morgan fingerprint density at radius 1 is 1.15 bits per heavy atom. The molecule has 0 bridgehead atoms. The van der Waals surface area contributed by atoms with Gasteiger partial charge in [0.05, 0.1) is 7.11 Å². The van der Waals surface area contributed by atoms with Crippen LogP contribution >= 0.6 is 11.6 Å². The van der Waals surface area contributed by atoms with E-state index < -0.39 is 23.4 Å². The standard InChI is InChI=1S/C22H25ClF3N5O2/c1-33-20(32)18-12-27-21(28-19(18)22(24,25)26)31-7-6-17(14-31)30-10-8-29(9-11-30)13-15-2-4-16(23)5-3-15/h2-5,12,17H,6-11,13-14H2,1H3/t17-/m0/s1. The number of hydrogen-bond acceptors (Lipinski definition) is 7. The lowest BCUT2D eigenvalue weighted by molar-refractivity contribution is -0.141. The normalized spacial score (nSPS) is 20.3. The van der Waals surface area contributed by atoms with Crippen LogP contribution in [0.4, 0.5) is 19.1 Å². The monoisotopic (exact) mass is 483 g/mol. The Kier molecular flexibility index (Phi) is 7.06. The number of halogens is 4. The number of alkyl halides is 3. The Balaban J connectivity index is 1.36. The first kappa shape index (κ1) is 23.7. The van der Waals surface area contributed by atoms with Crippen molar-refractivity contribution in [3.05, 3.63) is 52.3 Å². The van der Waals surface area contributed by atoms with E-state index in [9.17, 15) is 18.0 Å². The van der Waals surface area contributed by atoms with Gasteiger partial charge in [0.15, 0.2) is 5.69 Å². The minimum atomic E-state index is -4.78. The van der Waals surface area contributed by atoms with Gasteiger partial charge in [-0.3, -0.25) is 9.80 Å². The zero-order valence-corrected chi connectivity index (χ0v) is 18.9. The topological polar surface area (TPSA) is 61.8 Å². The van der Waals surface area contributed by atoms with Crippen molar-refractivity contribution in [3.63, 3.8) is 0 Å². The highest BCUT2D eigenvalue weighted by atomic mass is 35.5. The fourth-order valence-corrected chi connectivity index (χ4v) is 4.48. The summed E-state index contributed by atoms with van der Waals surface area (Å²) in [7, 11) is 1.02. The number of benzene rings is 1. The van der Waals surface area contributed by atoms with Crippen molar-refractivity contribution in [1.82, 2.24) is 19.8 Å². The van der Waals surface area contributed by atoms with Crippen LogP contribution in [-0.4, -0.2) is 78.2 Å². The fourth-order valence-electron chi connectivity index (χ4n) is 4.36. The lowest BCUT2D eigenvalue weighted by atomic mass is 10.1. The molecule has 7 nitrogen and oxygen atoms in total. The van der Waals surface area contributed by atoms with Gasteiger partial charge < -0.3 is 9.64 Å². The lowest BCUT2D eigenvalue weighted by Crippen LogP contribution is -2.50. The summed E-state index contributed by atoms with van der Waals surface area (Å²) in [6.07, 6.45) is -3.05. The minimum Gasteiger partial charge on any atom is -0.465 e. The number of rotatable bonds is 5. The molecule has 2 aromatic rings. The third-order valence-electron chi connectivity index (χ3n) is 6.14. The van der Waals surface area contributed by atoms with Crippen LogP contribution in [0.5, 0.6) is 0 Å². The van der Waals surface area contributed by atoms with Crippen molar-refractivity contribution >= 4 is 23.5 Å². The molecule has 0 radical (unpaired) electrons. The van der Waals surface area contributed by atoms with Crippen LogP contribution in [0.2, 0.25) is 5.02 Å². The molecule has 1 aromatic carbocycles. The van der Waals surface area contributed by atoms with Crippen LogP contribution in [0.15, 0.2) is 30.5 Å². The van der Waals surface area contributed by atoms with Crippen LogP contribution in [0.3, 0.4) is 0 Å². The first-order valence-electron chi connectivity index (χ1n) is 10.7. The molecule has 3 heterocycles. The van der Waals surface area contributed by atoms with Gasteiger partial charge in [-0.25, -0.2) is 14.8 Å². The molecule has 1 atom stereocenters. The summed E-state index contributed by atoms with van der Waals surface area (Å²) in [5.41, 5.74) is -0.729. The maximum Gasteiger partial charge on any atom is 0.434 e. The molecule has 0 spiro atoms. The molecule has 4 rings (SSSR count). The predicted molar refractivity (Wildman–Crippen MR) is 117 cm³/mol. The zero-order chi connectivity index (χ0) is 23.6. The van der Waals surface area contributed by atoms with E-state index in [4.69, 9.17) is 11.6 Å². The van der Waals surface area contributed by atoms with E-state index in [0.717, 1.165) is 57.5 Å². The Morgan fingerprint density at radius 3 is 2.48 bits per heavy atom. The highest BCUT2D eigenvalue weighted by Gasteiger charge is 2.40. The Hall–Kier alpha value is -2.43. The van der Waals surface area contributed by atoms with Crippen LogP contribution < -0.4 is 4.90 Å². The molecule has 1 aromatic heterocycles. The summed E-state index contributed by atoms with van der Waals surface area (Å²) in [6.45, 7) is 5.59. The molecule has 33 heavy (non-hydrogen) atoms. The SMILES string of the molecule is COC(=O)c1cnc(N2CC[C@H](N3CCN(Cc4ccc(Cl)cc4)CC3)C2)nc1C(F)(F)F. The molecule has 0 N–H and O–H groups in total. The number of aromatic nitrogens is 2. The second kappa shape index (κ2) is 9.82. The van der Waals surface area contributed by atoms with E-state index in [0.29, 0.717) is 13.1 Å². The Morgan fingerprint density at radius 2 is 1.85 bits per heavy atom. The number of nitrogens with zero attached hydrogens (tertiary/aromatic N) is 5. The molecule has 0 unspecified atom stereocenters. The first-order valence-corrected chi connectivity index (χ1v) is 11.1. The van der Waals surface area contributed by atoms with Crippen LogP contribution in [0.1, 0.15) is 28.0 Å². The summed E-state index contributed by atoms with van der Waals surface area (Å²) < 4.78 is 44.8. The van der Waals surface area contributed by atoms with Gasteiger partial charge in [-0.1, -0.05) is 23.7 Å². The Labute approximate surface area is 195 Å². The number of esters is 1. The second-order valence-corrected chi connectivity index (χ2v) is 8.69. The summed E-state index contributed by atoms with van der Waals surface area (Å²) in [5, 5.41) is 0.723. The summed E-state index contributed by atoms with van der Waals surface area (Å²) in [6, 6.07) is 8.07. The van der Waals surface area contributed by atoms with Gasteiger partial charge in [-0.05, 0) is 24.1 Å². The molecule has 178 valence electrons. The van der Waals surface area contributed by atoms with Crippen molar-refractivity contribution in [2.45, 2.75) is 25.2 Å². The summed E-state index contributed by atoms with van der Waals surface area (Å²) in [4.78, 5) is 25.9. The number of carbonyl (C=O) groups excluding carboxylic acids is 1. The molecule has 2 aliphatic heterocycles. The van der Waals surface area contributed by atoms with Crippen molar-refractivity contribution < 1.29 is 22.7 Å². The molecule has 2 saturated heterocycles. The molecule has 0 amide bonds. The van der Waals surface area contributed by atoms with E-state index >= 15 is 0 Å². The van der Waals surface area contributed by atoms with Gasteiger partial charge in [0, 0.05) is 63.1 Å². The van der Waals surface area contributed by atoms with Gasteiger partial charge in [-0.2, -0.15) is 13.2 Å². The van der Waals surface area contributed by atoms with Crippen molar-refractivity contribution in [2.75, 3.05) is 51.3 Å². The molecule has 2 fully saturated rings.